The number of piperidine rings is 2. The second kappa shape index (κ2) is 9.46. The van der Waals surface area contributed by atoms with Gasteiger partial charge >= 0.3 is 6.18 Å². The molecular weight excluding hydrogens is 471 g/mol. The SMILES string of the molecule is Cc1nn(C)c(C)c1S(=O)(=O)N1CCC(N2CCC(Oc3ccc(C(F)(F)F)cn3)CC2)CC1. The summed E-state index contributed by atoms with van der Waals surface area (Å²) < 4.78 is 73.4. The topological polar surface area (TPSA) is 80.6 Å². The molecule has 0 aliphatic carbocycles. The number of hydrogen-bond acceptors (Lipinski definition) is 6. The van der Waals surface area contributed by atoms with Crippen LogP contribution in [0.1, 0.15) is 42.6 Å². The molecule has 0 amide bonds. The fourth-order valence-electron chi connectivity index (χ4n) is 4.85. The molecule has 2 fully saturated rings. The Hall–Kier alpha value is -2.18. The highest BCUT2D eigenvalue weighted by Crippen LogP contribution is 2.31. The van der Waals surface area contributed by atoms with Crippen molar-refractivity contribution in [3.05, 3.63) is 35.3 Å². The average Bonchev–Trinajstić information content (AvgIpc) is 3.06. The Morgan fingerprint density at radius 2 is 1.68 bits per heavy atom. The van der Waals surface area contributed by atoms with E-state index in [-0.39, 0.29) is 12.0 Å². The summed E-state index contributed by atoms with van der Waals surface area (Å²) in [6.45, 7) is 6.01. The van der Waals surface area contributed by atoms with Crippen LogP contribution in [0.25, 0.3) is 0 Å². The maximum Gasteiger partial charge on any atom is 0.417 e. The number of ether oxygens (including phenoxy) is 1. The molecule has 8 nitrogen and oxygen atoms in total. The van der Waals surface area contributed by atoms with Gasteiger partial charge in [-0.05, 0) is 45.6 Å². The van der Waals surface area contributed by atoms with Crippen molar-refractivity contribution < 1.29 is 26.3 Å². The van der Waals surface area contributed by atoms with Gasteiger partial charge in [-0.25, -0.2) is 13.4 Å². The minimum Gasteiger partial charge on any atom is -0.474 e. The van der Waals surface area contributed by atoms with E-state index in [9.17, 15) is 21.6 Å². The van der Waals surface area contributed by atoms with Crippen molar-refractivity contribution in [2.24, 2.45) is 7.05 Å². The van der Waals surface area contributed by atoms with E-state index in [1.807, 2.05) is 0 Å². The molecule has 2 aliphatic heterocycles. The Morgan fingerprint density at radius 3 is 2.18 bits per heavy atom. The molecule has 0 unspecified atom stereocenters. The van der Waals surface area contributed by atoms with Crippen LogP contribution in [0.5, 0.6) is 5.88 Å². The van der Waals surface area contributed by atoms with Gasteiger partial charge in [0.05, 0.1) is 17.0 Å². The highest BCUT2D eigenvalue weighted by molar-refractivity contribution is 7.89. The van der Waals surface area contributed by atoms with Crippen LogP contribution in [0, 0.1) is 13.8 Å². The Labute approximate surface area is 197 Å². The summed E-state index contributed by atoms with van der Waals surface area (Å²) >= 11 is 0. The number of pyridine rings is 1. The van der Waals surface area contributed by atoms with Gasteiger partial charge in [-0.15, -0.1) is 0 Å². The van der Waals surface area contributed by atoms with E-state index in [0.29, 0.717) is 35.4 Å². The number of aromatic nitrogens is 3. The third-order valence-corrected chi connectivity index (χ3v) is 8.96. The van der Waals surface area contributed by atoms with Crippen molar-refractivity contribution in [2.75, 3.05) is 26.2 Å². The van der Waals surface area contributed by atoms with E-state index in [0.717, 1.165) is 51.0 Å². The summed E-state index contributed by atoms with van der Waals surface area (Å²) in [6, 6.07) is 2.54. The van der Waals surface area contributed by atoms with Crippen LogP contribution in [0.3, 0.4) is 0 Å². The van der Waals surface area contributed by atoms with Crippen LogP contribution in [0.2, 0.25) is 0 Å². The molecule has 0 radical (unpaired) electrons. The van der Waals surface area contributed by atoms with E-state index < -0.39 is 21.8 Å². The molecule has 2 aliphatic rings. The maximum atomic E-state index is 13.2. The molecule has 0 atom stereocenters. The first-order chi connectivity index (χ1) is 16.0. The predicted octanol–water partition coefficient (Wildman–Crippen LogP) is 3.15. The van der Waals surface area contributed by atoms with Gasteiger partial charge < -0.3 is 9.64 Å². The van der Waals surface area contributed by atoms with Crippen molar-refractivity contribution in [1.29, 1.82) is 0 Å². The molecule has 0 aromatic carbocycles. The summed E-state index contributed by atoms with van der Waals surface area (Å²) in [5.74, 6) is 0.200. The Kier molecular flexibility index (Phi) is 6.94. The van der Waals surface area contributed by atoms with Crippen LogP contribution in [0.15, 0.2) is 23.2 Å². The van der Waals surface area contributed by atoms with E-state index >= 15 is 0 Å². The second-order valence-corrected chi connectivity index (χ2v) is 10.9. The third kappa shape index (κ3) is 5.08. The number of sulfonamides is 1. The summed E-state index contributed by atoms with van der Waals surface area (Å²) in [5.41, 5.74) is 0.368. The van der Waals surface area contributed by atoms with Gasteiger partial charge in [0.25, 0.3) is 0 Å². The van der Waals surface area contributed by atoms with Gasteiger partial charge in [-0.3, -0.25) is 4.68 Å². The zero-order chi connectivity index (χ0) is 24.7. The summed E-state index contributed by atoms with van der Waals surface area (Å²) in [6.07, 6.45) is -0.725. The molecule has 0 spiro atoms. The molecular formula is C22H30F3N5O3S. The van der Waals surface area contributed by atoms with Crippen LogP contribution in [-0.2, 0) is 23.2 Å². The van der Waals surface area contributed by atoms with Gasteiger partial charge in [0.15, 0.2) is 0 Å². The molecule has 0 N–H and O–H groups in total. The zero-order valence-electron chi connectivity index (χ0n) is 19.5. The highest BCUT2D eigenvalue weighted by atomic mass is 32.2. The van der Waals surface area contributed by atoms with E-state index in [4.69, 9.17) is 4.74 Å². The van der Waals surface area contributed by atoms with Gasteiger partial charge in [0, 0.05) is 51.5 Å². The number of halogens is 3. The summed E-state index contributed by atoms with van der Waals surface area (Å²) in [5, 5.41) is 4.25. The Bertz CT molecular complexity index is 1100. The quantitative estimate of drug-likeness (QED) is 0.626. The average molecular weight is 502 g/mol. The molecule has 2 aromatic heterocycles. The van der Waals surface area contributed by atoms with Crippen LogP contribution in [0.4, 0.5) is 13.2 Å². The highest BCUT2D eigenvalue weighted by Gasteiger charge is 2.36. The number of alkyl halides is 3. The van der Waals surface area contributed by atoms with E-state index in [1.54, 1.807) is 29.9 Å². The first-order valence-electron chi connectivity index (χ1n) is 11.4. The molecule has 12 heteroatoms. The monoisotopic (exact) mass is 501 g/mol. The van der Waals surface area contributed by atoms with Crippen molar-refractivity contribution in [3.8, 4) is 5.88 Å². The largest absolute Gasteiger partial charge is 0.474 e. The molecule has 0 bridgehead atoms. The van der Waals surface area contributed by atoms with Crippen molar-refractivity contribution in [3.63, 3.8) is 0 Å². The number of aryl methyl sites for hydroxylation is 2. The van der Waals surface area contributed by atoms with Crippen molar-refractivity contribution in [2.45, 2.75) is 62.7 Å². The lowest BCUT2D eigenvalue weighted by molar-refractivity contribution is -0.137. The Morgan fingerprint density at radius 1 is 1.03 bits per heavy atom. The van der Waals surface area contributed by atoms with Crippen molar-refractivity contribution in [1.82, 2.24) is 24.0 Å². The maximum absolute atomic E-state index is 13.2. The fraction of sp³-hybridized carbons (Fsp3) is 0.636. The number of likely N-dealkylation sites (tertiary alicyclic amines) is 1. The van der Waals surface area contributed by atoms with Gasteiger partial charge in [-0.2, -0.15) is 22.6 Å². The Balaban J connectivity index is 1.28. The normalized spacial score (nSPS) is 20.1. The lowest BCUT2D eigenvalue weighted by Crippen LogP contribution is -2.50. The van der Waals surface area contributed by atoms with Gasteiger partial charge in [-0.1, -0.05) is 0 Å². The first-order valence-corrected chi connectivity index (χ1v) is 12.8. The number of nitrogens with zero attached hydrogens (tertiary/aromatic N) is 5. The van der Waals surface area contributed by atoms with Crippen LogP contribution in [-0.4, -0.2) is 70.7 Å². The molecule has 2 saturated heterocycles. The molecule has 4 rings (SSSR count). The van der Waals surface area contributed by atoms with Crippen LogP contribution < -0.4 is 4.74 Å². The van der Waals surface area contributed by atoms with Gasteiger partial charge in [0.2, 0.25) is 15.9 Å². The molecule has 188 valence electrons. The molecule has 2 aromatic rings. The second-order valence-electron chi connectivity index (χ2n) is 8.99. The molecule has 0 saturated carbocycles. The molecule has 4 heterocycles. The summed E-state index contributed by atoms with van der Waals surface area (Å²) in [7, 11) is -1.83. The fourth-order valence-corrected chi connectivity index (χ4v) is 6.72. The lowest BCUT2D eigenvalue weighted by atomic mass is 10.00. The first kappa shape index (κ1) is 24.9. The minimum atomic E-state index is -4.42. The van der Waals surface area contributed by atoms with E-state index in [2.05, 4.69) is 15.0 Å². The van der Waals surface area contributed by atoms with Crippen molar-refractivity contribution >= 4 is 10.0 Å². The van der Waals surface area contributed by atoms with E-state index in [1.165, 1.54) is 6.07 Å². The minimum absolute atomic E-state index is 0.0996. The van der Waals surface area contributed by atoms with Gasteiger partial charge in [0.1, 0.15) is 11.0 Å². The lowest BCUT2D eigenvalue weighted by Gasteiger charge is -2.41. The predicted molar refractivity (Wildman–Crippen MR) is 119 cm³/mol. The number of rotatable bonds is 5. The number of hydrogen-bond donors (Lipinski definition) is 0. The smallest absolute Gasteiger partial charge is 0.417 e. The summed E-state index contributed by atoms with van der Waals surface area (Å²) in [4.78, 5) is 6.47. The standard InChI is InChI=1S/C22H30F3N5O3S/c1-15-21(16(2)28(3)27-15)34(31,32)30-12-6-18(7-13-30)29-10-8-19(9-11-29)33-20-5-4-17(14-26-20)22(23,24)25/h4-5,14,18-19H,6-13H2,1-3H3. The third-order valence-electron chi connectivity index (χ3n) is 6.81. The van der Waals surface area contributed by atoms with Crippen LogP contribution >= 0.6 is 0 Å². The molecule has 34 heavy (non-hydrogen) atoms. The zero-order valence-corrected chi connectivity index (χ0v) is 20.4.